The summed E-state index contributed by atoms with van der Waals surface area (Å²) in [5.74, 6) is 0.0166. The lowest BCUT2D eigenvalue weighted by molar-refractivity contribution is -0.144. The van der Waals surface area contributed by atoms with Crippen molar-refractivity contribution in [3.63, 3.8) is 0 Å². The van der Waals surface area contributed by atoms with Crippen LogP contribution in [0.15, 0.2) is 9.59 Å². The van der Waals surface area contributed by atoms with Crippen molar-refractivity contribution in [3.8, 4) is 0 Å². The second-order valence-corrected chi connectivity index (χ2v) is 6.16. The zero-order chi connectivity index (χ0) is 18.7. The van der Waals surface area contributed by atoms with Gasteiger partial charge >= 0.3 is 11.7 Å². The molecule has 3 heterocycles. The number of nitrogens with zero attached hydrogens (tertiary/aromatic N) is 4. The van der Waals surface area contributed by atoms with Crippen LogP contribution in [0.2, 0.25) is 0 Å². The first kappa shape index (κ1) is 18.2. The summed E-state index contributed by atoms with van der Waals surface area (Å²) in [6, 6.07) is 0. The molecule has 0 atom stereocenters. The quantitative estimate of drug-likeness (QED) is 0.548. The van der Waals surface area contributed by atoms with Gasteiger partial charge in [-0.25, -0.2) is 4.79 Å². The maximum absolute atomic E-state index is 12.4. The minimum absolute atomic E-state index is 0.145. The Kier molecular flexibility index (Phi) is 5.40. The van der Waals surface area contributed by atoms with Crippen LogP contribution >= 0.6 is 0 Å². The molecule has 1 N–H and O–H groups in total. The molecule has 0 bridgehead atoms. The molecule has 1 aliphatic rings. The van der Waals surface area contributed by atoms with Crippen molar-refractivity contribution < 1.29 is 14.3 Å². The number of carbonyl (C=O) groups is 1. The topological polar surface area (TPSA) is 111 Å². The highest BCUT2D eigenvalue weighted by atomic mass is 16.5. The first-order valence-corrected chi connectivity index (χ1v) is 8.70. The fraction of sp³-hybridized carbons (Fsp3) is 0.625. The molecule has 3 rings (SSSR count). The number of imidazole rings is 1. The molecular formula is C16H23N5O5. The van der Waals surface area contributed by atoms with Crippen LogP contribution in [0.1, 0.15) is 19.8 Å². The van der Waals surface area contributed by atoms with E-state index < -0.39 is 17.2 Å². The first-order valence-electron chi connectivity index (χ1n) is 8.70. The summed E-state index contributed by atoms with van der Waals surface area (Å²) in [5, 5.41) is 0. The van der Waals surface area contributed by atoms with Gasteiger partial charge in [-0.2, -0.15) is 4.98 Å². The number of rotatable bonds is 6. The molecule has 0 amide bonds. The van der Waals surface area contributed by atoms with Gasteiger partial charge < -0.3 is 14.4 Å². The average molecular weight is 365 g/mol. The van der Waals surface area contributed by atoms with Crippen LogP contribution < -0.4 is 16.1 Å². The number of carbonyl (C=O) groups excluding carboxylic acids is 1. The van der Waals surface area contributed by atoms with Crippen LogP contribution in [0.4, 0.5) is 5.95 Å². The van der Waals surface area contributed by atoms with Crippen molar-refractivity contribution in [2.45, 2.75) is 26.3 Å². The normalized spacial score (nSPS) is 14.8. The largest absolute Gasteiger partial charge is 0.464 e. The Hall–Kier alpha value is -2.62. The minimum Gasteiger partial charge on any atom is -0.464 e. The number of hydrogen-bond donors (Lipinski definition) is 1. The summed E-state index contributed by atoms with van der Waals surface area (Å²) in [7, 11) is 1.53. The Morgan fingerprint density at radius 3 is 2.73 bits per heavy atom. The summed E-state index contributed by atoms with van der Waals surface area (Å²) in [5.41, 5.74) is -0.703. The number of nitrogens with one attached hydrogen (secondary N) is 1. The first-order chi connectivity index (χ1) is 12.5. The number of aromatic amines is 1. The van der Waals surface area contributed by atoms with E-state index in [9.17, 15) is 14.4 Å². The maximum atomic E-state index is 12.4. The van der Waals surface area contributed by atoms with Gasteiger partial charge in [-0.05, 0) is 6.42 Å². The molecule has 1 aliphatic heterocycles. The number of hydrogen-bond acceptors (Lipinski definition) is 7. The molecule has 0 aromatic carbocycles. The summed E-state index contributed by atoms with van der Waals surface area (Å²) in [6.07, 6.45) is 1.70. The third kappa shape index (κ3) is 3.50. The molecule has 142 valence electrons. The van der Waals surface area contributed by atoms with E-state index in [1.54, 1.807) is 0 Å². The highest BCUT2D eigenvalue weighted by Crippen LogP contribution is 2.20. The smallest absolute Gasteiger partial charge is 0.329 e. The molecule has 0 unspecified atom stereocenters. The summed E-state index contributed by atoms with van der Waals surface area (Å²) >= 11 is 0. The lowest BCUT2D eigenvalue weighted by Gasteiger charge is -2.28. The number of morpholine rings is 1. The van der Waals surface area contributed by atoms with E-state index in [0.717, 1.165) is 12.8 Å². The van der Waals surface area contributed by atoms with Gasteiger partial charge in [-0.3, -0.25) is 23.7 Å². The van der Waals surface area contributed by atoms with E-state index in [2.05, 4.69) is 9.97 Å². The lowest BCUT2D eigenvalue weighted by Crippen LogP contribution is -2.38. The van der Waals surface area contributed by atoms with E-state index in [4.69, 9.17) is 9.47 Å². The van der Waals surface area contributed by atoms with Gasteiger partial charge in [0, 0.05) is 20.1 Å². The van der Waals surface area contributed by atoms with Crippen molar-refractivity contribution in [2.24, 2.45) is 7.05 Å². The van der Waals surface area contributed by atoms with Gasteiger partial charge in [-0.15, -0.1) is 0 Å². The van der Waals surface area contributed by atoms with Crippen LogP contribution in [-0.2, 0) is 27.9 Å². The molecule has 10 heteroatoms. The number of aryl methyl sites for hydroxylation is 1. The van der Waals surface area contributed by atoms with E-state index in [1.807, 2.05) is 11.8 Å². The monoisotopic (exact) mass is 365 g/mol. The van der Waals surface area contributed by atoms with Crippen LogP contribution in [-0.4, -0.2) is 58.0 Å². The van der Waals surface area contributed by atoms with E-state index in [1.165, 1.54) is 16.2 Å². The zero-order valence-electron chi connectivity index (χ0n) is 15.0. The summed E-state index contributed by atoms with van der Waals surface area (Å²) in [4.78, 5) is 45.2. The van der Waals surface area contributed by atoms with Crippen LogP contribution in [0.3, 0.4) is 0 Å². The minimum atomic E-state index is -0.573. The Bertz CT molecular complexity index is 906. The second-order valence-electron chi connectivity index (χ2n) is 6.16. The molecule has 2 aromatic rings. The van der Waals surface area contributed by atoms with E-state index in [-0.39, 0.29) is 17.7 Å². The summed E-state index contributed by atoms with van der Waals surface area (Å²) in [6.45, 7) is 4.42. The molecule has 1 fully saturated rings. The standard InChI is InChI=1S/C16H23N5O5/c1-3-4-7-26-11(22)10-21-12-13(19(2)16(24)18-14(12)23)17-15(21)20-5-8-25-9-6-20/h3-10H2,1-2H3,(H,18,23,24). The van der Waals surface area contributed by atoms with Gasteiger partial charge in [0.25, 0.3) is 5.56 Å². The van der Waals surface area contributed by atoms with Crippen LogP contribution in [0, 0.1) is 0 Å². The van der Waals surface area contributed by atoms with Gasteiger partial charge in [-0.1, -0.05) is 13.3 Å². The molecule has 0 radical (unpaired) electrons. The van der Waals surface area contributed by atoms with Crippen molar-refractivity contribution in [2.75, 3.05) is 37.8 Å². The maximum Gasteiger partial charge on any atom is 0.329 e. The molecular weight excluding hydrogens is 342 g/mol. The number of ether oxygens (including phenoxy) is 2. The van der Waals surface area contributed by atoms with Gasteiger partial charge in [0.15, 0.2) is 11.2 Å². The lowest BCUT2D eigenvalue weighted by atomic mass is 10.4. The van der Waals surface area contributed by atoms with Gasteiger partial charge in [0.2, 0.25) is 5.95 Å². The van der Waals surface area contributed by atoms with Crippen LogP contribution in [0.25, 0.3) is 11.2 Å². The highest BCUT2D eigenvalue weighted by Gasteiger charge is 2.24. The van der Waals surface area contributed by atoms with Crippen molar-refractivity contribution in [1.29, 1.82) is 0 Å². The van der Waals surface area contributed by atoms with E-state index >= 15 is 0 Å². The molecule has 0 saturated carbocycles. The fourth-order valence-corrected chi connectivity index (χ4v) is 2.88. The Labute approximate surface area is 149 Å². The average Bonchev–Trinajstić information content (AvgIpc) is 3.00. The zero-order valence-corrected chi connectivity index (χ0v) is 15.0. The number of fused-ring (bicyclic) bond motifs is 1. The third-order valence-corrected chi connectivity index (χ3v) is 4.33. The van der Waals surface area contributed by atoms with Gasteiger partial charge in [0.05, 0.1) is 19.8 Å². The number of unbranched alkanes of at least 4 members (excludes halogenated alkanes) is 1. The fourth-order valence-electron chi connectivity index (χ4n) is 2.88. The molecule has 0 spiro atoms. The SMILES string of the molecule is CCCCOC(=O)Cn1c(N2CCOCC2)nc2c1c(=O)[nH]c(=O)n2C. The molecule has 26 heavy (non-hydrogen) atoms. The molecule has 10 nitrogen and oxygen atoms in total. The predicted octanol–water partition coefficient (Wildman–Crippen LogP) is -0.397. The van der Waals surface area contributed by atoms with Gasteiger partial charge in [0.1, 0.15) is 6.54 Å². The molecule has 2 aromatic heterocycles. The summed E-state index contributed by atoms with van der Waals surface area (Å²) < 4.78 is 13.4. The number of aromatic nitrogens is 4. The Morgan fingerprint density at radius 2 is 2.04 bits per heavy atom. The second kappa shape index (κ2) is 7.73. The van der Waals surface area contributed by atoms with Crippen molar-refractivity contribution in [3.05, 3.63) is 20.8 Å². The predicted molar refractivity (Wildman–Crippen MR) is 94.5 cm³/mol. The van der Waals surface area contributed by atoms with Crippen molar-refractivity contribution in [1.82, 2.24) is 19.1 Å². The van der Waals surface area contributed by atoms with Crippen LogP contribution in [0.5, 0.6) is 0 Å². The molecule has 0 aliphatic carbocycles. The number of anilines is 1. The molecule has 1 saturated heterocycles. The van der Waals surface area contributed by atoms with E-state index in [0.29, 0.717) is 38.9 Å². The van der Waals surface area contributed by atoms with Crippen molar-refractivity contribution >= 4 is 23.1 Å². The number of H-pyrrole nitrogens is 1. The third-order valence-electron chi connectivity index (χ3n) is 4.33. The number of esters is 1. The highest BCUT2D eigenvalue weighted by molar-refractivity contribution is 5.78. The Balaban J connectivity index is 2.05. The Morgan fingerprint density at radius 1 is 1.31 bits per heavy atom.